The summed E-state index contributed by atoms with van der Waals surface area (Å²) in [6, 6.07) is 4.72. The Morgan fingerprint density at radius 2 is 1.89 bits per heavy atom. The van der Waals surface area contributed by atoms with Crippen LogP contribution in [-0.4, -0.2) is 17.9 Å². The fraction of sp³-hybridized carbons (Fsp3) is 0.333. The quantitative estimate of drug-likeness (QED) is 0.782. The molecule has 0 aliphatic rings. The SMILES string of the molecule is CC(=O)Nc1cc(NC(=O)[C@@H](C)N)ccc1C.Cl. The number of amides is 2. The van der Waals surface area contributed by atoms with Gasteiger partial charge in [0.1, 0.15) is 0 Å². The van der Waals surface area contributed by atoms with E-state index in [0.29, 0.717) is 11.4 Å². The highest BCUT2D eigenvalue weighted by molar-refractivity contribution is 5.96. The van der Waals surface area contributed by atoms with Gasteiger partial charge in [0.2, 0.25) is 11.8 Å². The highest BCUT2D eigenvalue weighted by Gasteiger charge is 2.08. The molecule has 1 aromatic carbocycles. The standard InChI is InChI=1S/C12H17N3O2.ClH/c1-7-4-5-10(15-12(17)8(2)13)6-11(7)14-9(3)16;/h4-6,8H,13H2,1-3H3,(H,14,16)(H,15,17);1H/t8-;/m1./s1. The van der Waals surface area contributed by atoms with Gasteiger partial charge < -0.3 is 16.4 Å². The second-order valence-electron chi connectivity index (χ2n) is 3.99. The number of nitrogens with two attached hydrogens (primary N) is 1. The van der Waals surface area contributed by atoms with Crippen LogP contribution in [0.2, 0.25) is 0 Å². The summed E-state index contributed by atoms with van der Waals surface area (Å²) in [5.41, 5.74) is 7.67. The summed E-state index contributed by atoms with van der Waals surface area (Å²) in [6.07, 6.45) is 0. The fourth-order valence-electron chi connectivity index (χ4n) is 1.28. The van der Waals surface area contributed by atoms with Gasteiger partial charge in [-0.15, -0.1) is 12.4 Å². The Bertz CT molecular complexity index is 447. The van der Waals surface area contributed by atoms with Crippen LogP contribution in [0, 0.1) is 6.92 Å². The molecule has 1 atom stereocenters. The predicted molar refractivity (Wildman–Crippen MR) is 75.0 cm³/mol. The van der Waals surface area contributed by atoms with Crippen molar-refractivity contribution in [2.45, 2.75) is 26.8 Å². The van der Waals surface area contributed by atoms with Gasteiger partial charge in [-0.1, -0.05) is 6.07 Å². The Hall–Kier alpha value is -1.59. The van der Waals surface area contributed by atoms with E-state index in [1.807, 2.05) is 13.0 Å². The first-order valence-corrected chi connectivity index (χ1v) is 5.35. The number of hydrogen-bond donors (Lipinski definition) is 3. The third kappa shape index (κ3) is 4.73. The minimum absolute atomic E-state index is 0. The van der Waals surface area contributed by atoms with Crippen LogP contribution in [-0.2, 0) is 9.59 Å². The third-order valence-electron chi connectivity index (χ3n) is 2.23. The van der Waals surface area contributed by atoms with Crippen molar-refractivity contribution >= 4 is 35.6 Å². The van der Waals surface area contributed by atoms with Gasteiger partial charge in [0.05, 0.1) is 6.04 Å². The maximum Gasteiger partial charge on any atom is 0.240 e. The normalized spacial score (nSPS) is 11.1. The van der Waals surface area contributed by atoms with E-state index in [1.54, 1.807) is 19.1 Å². The molecule has 0 saturated carbocycles. The van der Waals surface area contributed by atoms with Gasteiger partial charge in [-0.2, -0.15) is 0 Å². The average molecular weight is 272 g/mol. The maximum atomic E-state index is 11.4. The van der Waals surface area contributed by atoms with E-state index >= 15 is 0 Å². The molecule has 5 nitrogen and oxygen atoms in total. The van der Waals surface area contributed by atoms with Gasteiger partial charge in [0, 0.05) is 18.3 Å². The largest absolute Gasteiger partial charge is 0.326 e. The van der Waals surface area contributed by atoms with Crippen LogP contribution in [0.4, 0.5) is 11.4 Å². The Kier molecular flexibility index (Phi) is 6.36. The lowest BCUT2D eigenvalue weighted by Crippen LogP contribution is -2.32. The molecule has 0 spiro atoms. The Balaban J connectivity index is 0.00000289. The van der Waals surface area contributed by atoms with Crippen LogP contribution in [0.15, 0.2) is 18.2 Å². The van der Waals surface area contributed by atoms with Crippen LogP contribution in [0.25, 0.3) is 0 Å². The fourth-order valence-corrected chi connectivity index (χ4v) is 1.28. The molecule has 2 amide bonds. The minimum atomic E-state index is -0.569. The molecule has 0 unspecified atom stereocenters. The zero-order chi connectivity index (χ0) is 13.0. The molecule has 1 rings (SSSR count). The molecule has 4 N–H and O–H groups in total. The van der Waals surface area contributed by atoms with Crippen molar-refractivity contribution in [2.75, 3.05) is 10.6 Å². The van der Waals surface area contributed by atoms with Crippen molar-refractivity contribution in [1.29, 1.82) is 0 Å². The van der Waals surface area contributed by atoms with E-state index in [2.05, 4.69) is 10.6 Å². The summed E-state index contributed by atoms with van der Waals surface area (Å²) in [5.74, 6) is -0.411. The molecule has 1 aromatic rings. The number of hydrogen-bond acceptors (Lipinski definition) is 3. The first kappa shape index (κ1) is 16.4. The van der Waals surface area contributed by atoms with Crippen molar-refractivity contribution < 1.29 is 9.59 Å². The maximum absolute atomic E-state index is 11.4. The number of rotatable bonds is 3. The Morgan fingerprint density at radius 1 is 1.28 bits per heavy atom. The molecule has 0 aliphatic carbocycles. The zero-order valence-corrected chi connectivity index (χ0v) is 11.4. The van der Waals surface area contributed by atoms with E-state index in [1.165, 1.54) is 6.92 Å². The highest BCUT2D eigenvalue weighted by atomic mass is 35.5. The van der Waals surface area contributed by atoms with Crippen LogP contribution < -0.4 is 16.4 Å². The molecule has 0 bridgehead atoms. The van der Waals surface area contributed by atoms with E-state index in [0.717, 1.165) is 5.56 Å². The van der Waals surface area contributed by atoms with Crippen LogP contribution in [0.3, 0.4) is 0 Å². The molecule has 0 heterocycles. The van der Waals surface area contributed by atoms with Crippen molar-refractivity contribution in [3.05, 3.63) is 23.8 Å². The Labute approximate surface area is 113 Å². The predicted octanol–water partition coefficient (Wildman–Crippen LogP) is 1.66. The van der Waals surface area contributed by atoms with Crippen molar-refractivity contribution in [3.63, 3.8) is 0 Å². The number of halogens is 1. The zero-order valence-electron chi connectivity index (χ0n) is 10.6. The lowest BCUT2D eigenvalue weighted by Gasteiger charge is -2.11. The molecular weight excluding hydrogens is 254 g/mol. The summed E-state index contributed by atoms with van der Waals surface area (Å²) in [4.78, 5) is 22.4. The summed E-state index contributed by atoms with van der Waals surface area (Å²) in [6.45, 7) is 4.92. The topological polar surface area (TPSA) is 84.2 Å². The van der Waals surface area contributed by atoms with Gasteiger partial charge in [-0.3, -0.25) is 9.59 Å². The molecule has 0 aromatic heterocycles. The van der Waals surface area contributed by atoms with E-state index in [4.69, 9.17) is 5.73 Å². The summed E-state index contributed by atoms with van der Waals surface area (Å²) in [5, 5.41) is 5.36. The Morgan fingerprint density at radius 3 is 2.39 bits per heavy atom. The number of aryl methyl sites for hydroxylation is 1. The molecule has 100 valence electrons. The van der Waals surface area contributed by atoms with Crippen molar-refractivity contribution in [3.8, 4) is 0 Å². The smallest absolute Gasteiger partial charge is 0.240 e. The molecule has 18 heavy (non-hydrogen) atoms. The molecule has 0 saturated heterocycles. The number of benzene rings is 1. The van der Waals surface area contributed by atoms with Crippen molar-refractivity contribution in [2.24, 2.45) is 5.73 Å². The average Bonchev–Trinajstić information content (AvgIpc) is 2.22. The highest BCUT2D eigenvalue weighted by Crippen LogP contribution is 2.20. The second-order valence-corrected chi connectivity index (χ2v) is 3.99. The van der Waals surface area contributed by atoms with E-state index in [-0.39, 0.29) is 24.2 Å². The lowest BCUT2D eigenvalue weighted by molar-refractivity contribution is -0.117. The number of nitrogens with one attached hydrogen (secondary N) is 2. The number of carbonyl (C=O) groups is 2. The molecule has 6 heteroatoms. The minimum Gasteiger partial charge on any atom is -0.326 e. The first-order chi connectivity index (χ1) is 7.90. The second kappa shape index (κ2) is 6.98. The van der Waals surface area contributed by atoms with Crippen LogP contribution in [0.1, 0.15) is 19.4 Å². The molecule has 0 radical (unpaired) electrons. The summed E-state index contributed by atoms with van der Waals surface area (Å²) >= 11 is 0. The number of carbonyl (C=O) groups excluding carboxylic acids is 2. The monoisotopic (exact) mass is 271 g/mol. The van der Waals surface area contributed by atoms with Gasteiger partial charge in [0.25, 0.3) is 0 Å². The molecular formula is C12H18ClN3O2. The van der Waals surface area contributed by atoms with Crippen molar-refractivity contribution in [1.82, 2.24) is 0 Å². The molecule has 0 fully saturated rings. The van der Waals surface area contributed by atoms with Crippen LogP contribution in [0.5, 0.6) is 0 Å². The number of anilines is 2. The summed E-state index contributed by atoms with van der Waals surface area (Å²) < 4.78 is 0. The van der Waals surface area contributed by atoms with Gasteiger partial charge in [0.15, 0.2) is 0 Å². The van der Waals surface area contributed by atoms with Gasteiger partial charge in [-0.05, 0) is 31.5 Å². The third-order valence-corrected chi connectivity index (χ3v) is 2.23. The first-order valence-electron chi connectivity index (χ1n) is 5.35. The van der Waals surface area contributed by atoms with Crippen LogP contribution >= 0.6 is 12.4 Å². The van der Waals surface area contributed by atoms with E-state index < -0.39 is 6.04 Å². The lowest BCUT2D eigenvalue weighted by atomic mass is 10.1. The van der Waals surface area contributed by atoms with E-state index in [9.17, 15) is 9.59 Å². The van der Waals surface area contributed by atoms with Gasteiger partial charge in [-0.25, -0.2) is 0 Å². The summed E-state index contributed by atoms with van der Waals surface area (Å²) in [7, 11) is 0. The van der Waals surface area contributed by atoms with Gasteiger partial charge >= 0.3 is 0 Å². The molecule has 0 aliphatic heterocycles.